The van der Waals surface area contributed by atoms with Crippen molar-refractivity contribution in [3.63, 3.8) is 0 Å². The topological polar surface area (TPSA) is 51.7 Å². The van der Waals surface area contributed by atoms with Crippen LogP contribution < -0.4 is 4.74 Å². The predicted molar refractivity (Wildman–Crippen MR) is 128 cm³/mol. The van der Waals surface area contributed by atoms with Gasteiger partial charge in [0.05, 0.1) is 0 Å². The first-order chi connectivity index (χ1) is 16.6. The summed E-state index contributed by atoms with van der Waals surface area (Å²) in [5, 5.41) is 0. The van der Waals surface area contributed by atoms with Gasteiger partial charge in [-0.25, -0.2) is 0 Å². The summed E-state index contributed by atoms with van der Waals surface area (Å²) in [6.45, 7) is 7.77. The first-order valence-corrected chi connectivity index (χ1v) is 13.2. The van der Waals surface area contributed by atoms with E-state index in [-0.39, 0.29) is 38.2 Å². The first kappa shape index (κ1) is 25.5. The van der Waals surface area contributed by atoms with Crippen molar-refractivity contribution in [2.24, 2.45) is 5.92 Å². The molecule has 2 aromatic carbocycles. The molecule has 0 N–H and O–H groups in total. The summed E-state index contributed by atoms with van der Waals surface area (Å²) >= 11 is -0.213. The number of carbonyl (C=O) groups excluding carboxylic acids is 1. The maximum absolute atomic E-state index is 13.6. The molecule has 1 fully saturated rings. The van der Waals surface area contributed by atoms with E-state index < -0.39 is 11.7 Å². The first-order valence-electron chi connectivity index (χ1n) is 11.5. The van der Waals surface area contributed by atoms with Gasteiger partial charge in [-0.1, -0.05) is 0 Å². The number of esters is 1. The number of likely N-dealkylation sites (tertiary alicyclic amines) is 1. The molecule has 9 heteroatoms. The van der Waals surface area contributed by atoms with Crippen LogP contribution in [0.25, 0.3) is 20.1 Å². The molecule has 1 aliphatic rings. The Balaban J connectivity index is 1.44. The minimum absolute atomic E-state index is 0.0417. The second-order valence-corrected chi connectivity index (χ2v) is 10.9. The number of benzene rings is 2. The number of aromatic nitrogens is 1. The van der Waals surface area contributed by atoms with Gasteiger partial charge in [-0.3, -0.25) is 0 Å². The minimum atomic E-state index is -4.51. The third kappa shape index (κ3) is 6.15. The number of hydrogen-bond acceptors (Lipinski definition) is 5. The standard InChI is InChI=1S/C26H27F3N2O3Se/c1-4-33-25(32)20-14-31(15-20)13-17-5-7-18(8-6-17)23-12-30-24(35-23)19-9-10-22(34-16(2)3)21(11-19)26(27,28)29/h5-12,16,20H,4,13-15H2,1-3H3. The number of alkyl halides is 3. The van der Waals surface area contributed by atoms with Gasteiger partial charge in [-0.2, -0.15) is 0 Å². The fourth-order valence-corrected chi connectivity index (χ4v) is 5.85. The molecule has 1 aliphatic heterocycles. The van der Waals surface area contributed by atoms with Crippen LogP contribution in [0.4, 0.5) is 13.2 Å². The SMILES string of the molecule is CCOC(=O)C1CN(Cc2ccc(-c3cnc(-c4ccc(OC(C)C)c(C(F)(F)F)c4)[se]3)cc2)C1. The van der Waals surface area contributed by atoms with Crippen molar-refractivity contribution in [1.82, 2.24) is 9.88 Å². The van der Waals surface area contributed by atoms with E-state index in [2.05, 4.69) is 9.88 Å². The van der Waals surface area contributed by atoms with E-state index in [0.29, 0.717) is 29.8 Å². The van der Waals surface area contributed by atoms with Crippen molar-refractivity contribution in [3.05, 3.63) is 59.8 Å². The van der Waals surface area contributed by atoms with Crippen LogP contribution >= 0.6 is 0 Å². The molecular formula is C26H27F3N2O3Se. The molecule has 3 aromatic rings. The Hall–Kier alpha value is -2.61. The molecule has 2 heterocycles. The number of carbonyl (C=O) groups is 1. The zero-order chi connectivity index (χ0) is 25.2. The van der Waals surface area contributed by atoms with Crippen molar-refractivity contribution in [2.45, 2.75) is 39.6 Å². The van der Waals surface area contributed by atoms with Crippen LogP contribution in [0.15, 0.2) is 48.7 Å². The summed E-state index contributed by atoms with van der Waals surface area (Å²) in [5.41, 5.74) is 1.83. The van der Waals surface area contributed by atoms with Crippen LogP contribution in [0, 0.1) is 5.92 Å². The summed E-state index contributed by atoms with van der Waals surface area (Å²) < 4.78 is 52.9. The van der Waals surface area contributed by atoms with E-state index in [1.807, 2.05) is 31.2 Å². The number of hydrogen-bond donors (Lipinski definition) is 0. The second-order valence-electron chi connectivity index (χ2n) is 8.74. The molecule has 0 saturated carbocycles. The molecule has 0 aliphatic carbocycles. The van der Waals surface area contributed by atoms with Gasteiger partial charge in [0.2, 0.25) is 0 Å². The fourth-order valence-electron chi connectivity index (χ4n) is 3.92. The van der Waals surface area contributed by atoms with Gasteiger partial charge < -0.3 is 0 Å². The molecule has 186 valence electrons. The Morgan fingerprint density at radius 1 is 1.14 bits per heavy atom. The Bertz CT molecular complexity index is 1170. The van der Waals surface area contributed by atoms with E-state index in [1.54, 1.807) is 26.1 Å². The van der Waals surface area contributed by atoms with E-state index in [1.165, 1.54) is 6.07 Å². The fraction of sp³-hybridized carbons (Fsp3) is 0.385. The zero-order valence-electron chi connectivity index (χ0n) is 19.8. The maximum atomic E-state index is 13.6. The van der Waals surface area contributed by atoms with Crippen molar-refractivity contribution in [1.29, 1.82) is 0 Å². The summed E-state index contributed by atoms with van der Waals surface area (Å²) in [7, 11) is 0. The molecule has 0 atom stereocenters. The van der Waals surface area contributed by atoms with E-state index in [0.717, 1.165) is 28.2 Å². The summed E-state index contributed by atoms with van der Waals surface area (Å²) in [4.78, 5) is 18.4. The van der Waals surface area contributed by atoms with Crippen LogP contribution in [-0.2, 0) is 22.3 Å². The molecule has 1 saturated heterocycles. The van der Waals surface area contributed by atoms with Gasteiger partial charge in [0, 0.05) is 0 Å². The predicted octanol–water partition coefficient (Wildman–Crippen LogP) is 5.27. The quantitative estimate of drug-likeness (QED) is 0.282. The van der Waals surface area contributed by atoms with Crippen molar-refractivity contribution < 1.29 is 27.4 Å². The zero-order valence-corrected chi connectivity index (χ0v) is 21.5. The van der Waals surface area contributed by atoms with Crippen molar-refractivity contribution in [2.75, 3.05) is 19.7 Å². The van der Waals surface area contributed by atoms with Crippen molar-refractivity contribution in [3.8, 4) is 25.9 Å². The molecule has 4 rings (SSSR count). The summed E-state index contributed by atoms with van der Waals surface area (Å²) in [5.74, 6) is -0.336. The average molecular weight is 551 g/mol. The monoisotopic (exact) mass is 552 g/mol. The number of rotatable bonds is 8. The van der Waals surface area contributed by atoms with Crippen LogP contribution in [-0.4, -0.2) is 56.2 Å². The molecule has 35 heavy (non-hydrogen) atoms. The van der Waals surface area contributed by atoms with Gasteiger partial charge in [0.25, 0.3) is 0 Å². The molecule has 0 radical (unpaired) electrons. The molecular weight excluding hydrogens is 524 g/mol. The van der Waals surface area contributed by atoms with Gasteiger partial charge >= 0.3 is 202 Å². The molecule has 1 aromatic heterocycles. The Labute approximate surface area is 208 Å². The van der Waals surface area contributed by atoms with Gasteiger partial charge in [-0.15, -0.1) is 0 Å². The molecule has 5 nitrogen and oxygen atoms in total. The van der Waals surface area contributed by atoms with E-state index >= 15 is 0 Å². The third-order valence-corrected chi connectivity index (χ3v) is 7.92. The Morgan fingerprint density at radius 3 is 2.46 bits per heavy atom. The van der Waals surface area contributed by atoms with E-state index in [4.69, 9.17) is 9.47 Å². The summed E-state index contributed by atoms with van der Waals surface area (Å²) in [6, 6.07) is 12.3. The molecule has 0 amide bonds. The molecule has 0 unspecified atom stereocenters. The van der Waals surface area contributed by atoms with E-state index in [9.17, 15) is 18.0 Å². The number of nitrogens with zero attached hydrogens (tertiary/aromatic N) is 2. The Morgan fingerprint density at radius 2 is 1.83 bits per heavy atom. The van der Waals surface area contributed by atoms with Gasteiger partial charge in [0.15, 0.2) is 0 Å². The molecule has 0 spiro atoms. The third-order valence-electron chi connectivity index (χ3n) is 5.62. The van der Waals surface area contributed by atoms with Crippen LogP contribution in [0.5, 0.6) is 5.75 Å². The number of halogens is 3. The van der Waals surface area contributed by atoms with Gasteiger partial charge in [-0.05, 0) is 6.92 Å². The number of ether oxygens (including phenoxy) is 2. The average Bonchev–Trinajstić information content (AvgIpc) is 3.26. The Kier molecular flexibility index (Phi) is 7.69. The van der Waals surface area contributed by atoms with Crippen LogP contribution in [0.2, 0.25) is 0 Å². The molecule has 0 bridgehead atoms. The van der Waals surface area contributed by atoms with Crippen molar-refractivity contribution >= 4 is 20.5 Å². The summed E-state index contributed by atoms with van der Waals surface area (Å²) in [6.07, 6.45) is -3.12. The van der Waals surface area contributed by atoms with Crippen LogP contribution in [0.3, 0.4) is 0 Å². The second kappa shape index (κ2) is 10.6. The normalized spacial score (nSPS) is 14.7. The van der Waals surface area contributed by atoms with Crippen LogP contribution in [0.1, 0.15) is 31.9 Å². The van der Waals surface area contributed by atoms with Gasteiger partial charge in [0.1, 0.15) is 0 Å².